The van der Waals surface area contributed by atoms with Crippen molar-refractivity contribution in [2.75, 3.05) is 0 Å². The summed E-state index contributed by atoms with van der Waals surface area (Å²) in [6.07, 6.45) is 8.08. The van der Waals surface area contributed by atoms with Gasteiger partial charge >= 0.3 is 0 Å². The van der Waals surface area contributed by atoms with E-state index in [4.69, 9.17) is 0 Å². The Balaban J connectivity index is 1.96. The lowest BCUT2D eigenvalue weighted by atomic mass is 9.96. The maximum atomic E-state index is 10.2. The van der Waals surface area contributed by atoms with Crippen molar-refractivity contribution in [3.8, 4) is 0 Å². The van der Waals surface area contributed by atoms with Crippen molar-refractivity contribution in [3.05, 3.63) is 48.0 Å². The average Bonchev–Trinajstić information content (AvgIpc) is 2.39. The zero-order valence-corrected chi connectivity index (χ0v) is 11.0. The quantitative estimate of drug-likeness (QED) is 0.802. The maximum absolute atomic E-state index is 10.2. The Hall–Kier alpha value is -1.12. The molecule has 0 saturated carbocycles. The summed E-state index contributed by atoms with van der Waals surface area (Å²) in [6.45, 7) is 2.16. The van der Waals surface area contributed by atoms with Crippen LogP contribution >= 0.6 is 0 Å². The largest absolute Gasteiger partial charge is 0.391 e. The zero-order chi connectivity index (χ0) is 12.8. The molecule has 0 radical (unpaired) electrons. The monoisotopic (exact) mass is 245 g/mol. The molecule has 0 bridgehead atoms. The molecular weight excluding hydrogens is 222 g/mol. The van der Waals surface area contributed by atoms with Crippen LogP contribution in [0.4, 0.5) is 0 Å². The van der Waals surface area contributed by atoms with Gasteiger partial charge in [-0.3, -0.25) is 0 Å². The molecule has 0 unspecified atom stereocenters. The Labute approximate surface area is 110 Å². The summed E-state index contributed by atoms with van der Waals surface area (Å²) in [6, 6.07) is 10.9. The van der Waals surface area contributed by atoms with Crippen LogP contribution in [0.3, 0.4) is 0 Å². The minimum absolute atomic E-state index is 0.199. The van der Waals surface area contributed by atoms with Crippen LogP contribution < -0.4 is 5.32 Å². The Morgan fingerprint density at radius 2 is 1.78 bits per heavy atom. The van der Waals surface area contributed by atoms with Crippen molar-refractivity contribution in [2.45, 2.75) is 50.8 Å². The normalized spacial score (nSPS) is 28.1. The van der Waals surface area contributed by atoms with Gasteiger partial charge in [0.25, 0.3) is 0 Å². The lowest BCUT2D eigenvalue weighted by Crippen LogP contribution is -2.41. The van der Waals surface area contributed by atoms with E-state index in [-0.39, 0.29) is 18.2 Å². The zero-order valence-electron chi connectivity index (χ0n) is 11.0. The van der Waals surface area contributed by atoms with Crippen LogP contribution in [0.25, 0.3) is 0 Å². The molecule has 3 atom stereocenters. The number of rotatable bonds is 3. The Bertz CT molecular complexity index is 374. The second-order valence-electron chi connectivity index (χ2n) is 5.10. The van der Waals surface area contributed by atoms with Gasteiger partial charge in [0.2, 0.25) is 0 Å². The van der Waals surface area contributed by atoms with Crippen LogP contribution in [0.15, 0.2) is 42.5 Å². The predicted octanol–water partition coefficient (Wildman–Crippen LogP) is 3.20. The SMILES string of the molecule is C[C@@H](N[C@H]1CC/C=C/CC[C@@H]1O)c1ccccc1. The van der Waals surface area contributed by atoms with E-state index < -0.39 is 0 Å². The summed E-state index contributed by atoms with van der Waals surface area (Å²) in [4.78, 5) is 0. The van der Waals surface area contributed by atoms with Crippen LogP contribution in [-0.2, 0) is 0 Å². The van der Waals surface area contributed by atoms with Gasteiger partial charge in [-0.1, -0.05) is 42.5 Å². The van der Waals surface area contributed by atoms with Crippen LogP contribution in [0.5, 0.6) is 0 Å². The van der Waals surface area contributed by atoms with Gasteiger partial charge < -0.3 is 10.4 Å². The average molecular weight is 245 g/mol. The first-order valence-corrected chi connectivity index (χ1v) is 6.91. The Kier molecular flexibility index (Phi) is 4.97. The maximum Gasteiger partial charge on any atom is 0.0696 e. The molecule has 0 fully saturated rings. The fourth-order valence-electron chi connectivity index (χ4n) is 2.53. The molecule has 1 aliphatic carbocycles. The topological polar surface area (TPSA) is 32.3 Å². The minimum Gasteiger partial charge on any atom is -0.391 e. The molecule has 1 aliphatic rings. The van der Waals surface area contributed by atoms with Gasteiger partial charge in [-0.25, -0.2) is 0 Å². The Morgan fingerprint density at radius 3 is 2.50 bits per heavy atom. The minimum atomic E-state index is -0.235. The molecule has 2 nitrogen and oxygen atoms in total. The number of nitrogens with one attached hydrogen (secondary N) is 1. The highest BCUT2D eigenvalue weighted by molar-refractivity contribution is 5.18. The summed E-state index contributed by atoms with van der Waals surface area (Å²) in [5.41, 5.74) is 1.28. The van der Waals surface area contributed by atoms with E-state index in [9.17, 15) is 5.11 Å². The van der Waals surface area contributed by atoms with Crippen molar-refractivity contribution >= 4 is 0 Å². The third kappa shape index (κ3) is 3.69. The number of aliphatic hydroxyl groups is 1. The Morgan fingerprint density at radius 1 is 1.11 bits per heavy atom. The van der Waals surface area contributed by atoms with Crippen molar-refractivity contribution < 1.29 is 5.11 Å². The van der Waals surface area contributed by atoms with Gasteiger partial charge in [-0.05, 0) is 38.2 Å². The van der Waals surface area contributed by atoms with Crippen molar-refractivity contribution in [1.29, 1.82) is 0 Å². The fourth-order valence-corrected chi connectivity index (χ4v) is 2.53. The number of hydrogen-bond acceptors (Lipinski definition) is 2. The van der Waals surface area contributed by atoms with E-state index in [2.05, 4.69) is 48.7 Å². The smallest absolute Gasteiger partial charge is 0.0696 e. The van der Waals surface area contributed by atoms with Crippen molar-refractivity contribution in [3.63, 3.8) is 0 Å². The third-order valence-electron chi connectivity index (χ3n) is 3.67. The second kappa shape index (κ2) is 6.72. The fraction of sp³-hybridized carbons (Fsp3) is 0.500. The summed E-state index contributed by atoms with van der Waals surface area (Å²) in [5, 5.41) is 13.7. The molecule has 0 spiro atoms. The first-order valence-electron chi connectivity index (χ1n) is 6.91. The van der Waals surface area contributed by atoms with Gasteiger partial charge in [-0.2, -0.15) is 0 Å². The number of hydrogen-bond donors (Lipinski definition) is 2. The number of allylic oxidation sites excluding steroid dienone is 2. The highest BCUT2D eigenvalue weighted by Crippen LogP contribution is 2.18. The molecule has 0 aliphatic heterocycles. The highest BCUT2D eigenvalue weighted by Gasteiger charge is 2.21. The van der Waals surface area contributed by atoms with E-state index in [0.29, 0.717) is 0 Å². The molecule has 0 aromatic heterocycles. The van der Waals surface area contributed by atoms with Gasteiger partial charge in [0, 0.05) is 12.1 Å². The lowest BCUT2D eigenvalue weighted by Gasteiger charge is -2.28. The van der Waals surface area contributed by atoms with Gasteiger partial charge in [0.1, 0.15) is 0 Å². The van der Waals surface area contributed by atoms with Crippen molar-refractivity contribution in [1.82, 2.24) is 5.32 Å². The van der Waals surface area contributed by atoms with E-state index in [1.807, 2.05) is 6.07 Å². The summed E-state index contributed by atoms with van der Waals surface area (Å²) < 4.78 is 0. The molecule has 98 valence electrons. The summed E-state index contributed by atoms with van der Waals surface area (Å²) in [5.74, 6) is 0. The molecule has 1 aromatic carbocycles. The molecule has 0 heterocycles. The van der Waals surface area contributed by atoms with Crippen LogP contribution in [0, 0.1) is 0 Å². The van der Waals surface area contributed by atoms with Gasteiger partial charge in [0.15, 0.2) is 0 Å². The number of benzene rings is 1. The van der Waals surface area contributed by atoms with Crippen LogP contribution in [0.2, 0.25) is 0 Å². The third-order valence-corrected chi connectivity index (χ3v) is 3.67. The molecular formula is C16H23NO. The molecule has 0 amide bonds. The van der Waals surface area contributed by atoms with E-state index in [1.165, 1.54) is 5.56 Å². The molecule has 1 aromatic rings. The number of aliphatic hydroxyl groups excluding tert-OH is 1. The summed E-state index contributed by atoms with van der Waals surface area (Å²) in [7, 11) is 0. The van der Waals surface area contributed by atoms with E-state index in [0.717, 1.165) is 25.7 Å². The van der Waals surface area contributed by atoms with Gasteiger partial charge in [0.05, 0.1) is 6.10 Å². The molecule has 2 rings (SSSR count). The predicted molar refractivity (Wildman–Crippen MR) is 75.4 cm³/mol. The highest BCUT2D eigenvalue weighted by atomic mass is 16.3. The van der Waals surface area contributed by atoms with Gasteiger partial charge in [-0.15, -0.1) is 0 Å². The first-order chi connectivity index (χ1) is 8.77. The van der Waals surface area contributed by atoms with Crippen LogP contribution in [-0.4, -0.2) is 17.3 Å². The van der Waals surface area contributed by atoms with E-state index in [1.54, 1.807) is 0 Å². The standard InChI is InChI=1S/C16H23NO/c1-13(14-9-5-4-6-10-14)17-15-11-7-2-3-8-12-16(15)18/h2-6,9-10,13,15-18H,7-8,11-12H2,1H3/b3-2+/t13-,15+,16+/m1/s1. The second-order valence-corrected chi connectivity index (χ2v) is 5.10. The first kappa shape index (κ1) is 13.3. The summed E-state index contributed by atoms with van der Waals surface area (Å²) >= 11 is 0. The van der Waals surface area contributed by atoms with E-state index >= 15 is 0 Å². The molecule has 2 N–H and O–H groups in total. The molecule has 2 heteroatoms. The lowest BCUT2D eigenvalue weighted by molar-refractivity contribution is 0.108. The molecule has 0 saturated heterocycles. The molecule has 18 heavy (non-hydrogen) atoms. The van der Waals surface area contributed by atoms with Crippen LogP contribution in [0.1, 0.15) is 44.2 Å². The van der Waals surface area contributed by atoms with Crippen molar-refractivity contribution in [2.24, 2.45) is 0 Å².